The van der Waals surface area contributed by atoms with Crippen LogP contribution < -0.4 is 10.7 Å². The Labute approximate surface area is 142 Å². The molecule has 0 aliphatic heterocycles. The fourth-order valence-corrected chi connectivity index (χ4v) is 1.93. The van der Waals surface area contributed by atoms with Crippen LogP contribution in [0.25, 0.3) is 0 Å². The Hall–Kier alpha value is -3.29. The van der Waals surface area contributed by atoms with Crippen LogP contribution in [-0.2, 0) is 4.79 Å². The van der Waals surface area contributed by atoms with Gasteiger partial charge in [-0.25, -0.2) is 14.2 Å². The van der Waals surface area contributed by atoms with Gasteiger partial charge in [0.2, 0.25) is 5.91 Å². The smallest absolute Gasteiger partial charge is 0.275 e. The normalized spacial score (nSPS) is 11.1. The van der Waals surface area contributed by atoms with E-state index in [1.165, 1.54) is 19.1 Å². The average molecular weight is 347 g/mol. The summed E-state index contributed by atoms with van der Waals surface area (Å²) >= 11 is 0. The van der Waals surface area contributed by atoms with Gasteiger partial charge in [0.15, 0.2) is 0 Å². The van der Waals surface area contributed by atoms with Gasteiger partial charge in [-0.3, -0.25) is 9.59 Å². The number of amides is 2. The van der Waals surface area contributed by atoms with Gasteiger partial charge in [0.25, 0.3) is 5.91 Å². The zero-order chi connectivity index (χ0) is 18.4. The van der Waals surface area contributed by atoms with Crippen molar-refractivity contribution in [1.29, 1.82) is 0 Å². The number of para-hydroxylation sites is 1. The second-order valence-electron chi connectivity index (χ2n) is 5.15. The molecule has 2 amide bonds. The highest BCUT2D eigenvalue weighted by Crippen LogP contribution is 2.16. The molecule has 0 aliphatic rings. The van der Waals surface area contributed by atoms with Crippen LogP contribution in [0.5, 0.6) is 5.75 Å². The number of aromatic hydroxyl groups is 1. The number of hydrogen-bond acceptors (Lipinski definition) is 4. The molecule has 130 valence electrons. The van der Waals surface area contributed by atoms with Gasteiger partial charge in [-0.2, -0.15) is 5.10 Å². The summed E-state index contributed by atoms with van der Waals surface area (Å²) in [7, 11) is 0. The van der Waals surface area contributed by atoms with Crippen LogP contribution in [0.3, 0.4) is 0 Å². The summed E-state index contributed by atoms with van der Waals surface area (Å²) in [6.45, 7) is 1.49. The molecule has 0 saturated heterocycles. The second-order valence-corrected chi connectivity index (χ2v) is 5.15. The van der Waals surface area contributed by atoms with Gasteiger partial charge in [-0.1, -0.05) is 12.1 Å². The van der Waals surface area contributed by atoms with Crippen molar-refractivity contribution in [3.8, 4) is 5.75 Å². The average Bonchev–Trinajstić information content (AvgIpc) is 2.55. The number of benzene rings is 2. The van der Waals surface area contributed by atoms with Crippen molar-refractivity contribution in [3.63, 3.8) is 0 Å². The quantitative estimate of drug-likeness (QED) is 0.574. The predicted molar refractivity (Wildman–Crippen MR) is 88.3 cm³/mol. The van der Waals surface area contributed by atoms with E-state index in [4.69, 9.17) is 0 Å². The van der Waals surface area contributed by atoms with Crippen molar-refractivity contribution in [2.75, 3.05) is 5.32 Å². The van der Waals surface area contributed by atoms with Crippen LogP contribution >= 0.6 is 0 Å². The number of carbonyl (C=O) groups is 2. The monoisotopic (exact) mass is 347 g/mol. The Morgan fingerprint density at radius 3 is 2.56 bits per heavy atom. The minimum absolute atomic E-state index is 0.0388. The van der Waals surface area contributed by atoms with Crippen molar-refractivity contribution >= 4 is 23.2 Å². The molecule has 25 heavy (non-hydrogen) atoms. The molecule has 2 aromatic carbocycles. The first-order valence-corrected chi connectivity index (χ1v) is 7.23. The molecule has 6 nitrogen and oxygen atoms in total. The number of nitrogens with zero attached hydrogens (tertiary/aromatic N) is 1. The zero-order valence-electron chi connectivity index (χ0n) is 13.2. The highest BCUT2D eigenvalue weighted by atomic mass is 19.1. The summed E-state index contributed by atoms with van der Waals surface area (Å²) in [5.41, 5.74) is 2.35. The number of phenols is 1. The van der Waals surface area contributed by atoms with Crippen molar-refractivity contribution in [2.45, 2.75) is 13.3 Å². The molecule has 0 heterocycles. The number of nitrogens with one attached hydrogen (secondary N) is 2. The van der Waals surface area contributed by atoms with Crippen molar-refractivity contribution in [2.24, 2.45) is 5.10 Å². The summed E-state index contributed by atoms with van der Waals surface area (Å²) in [4.78, 5) is 23.7. The standard InChI is InChI=1S/C17H15F2N3O3/c1-10(21-22-17(25)12-4-2-3-5-15(12)23)8-16(24)20-14-7-6-11(18)9-13(14)19/h2-7,9,23H,8H2,1H3,(H,20,24)(H,22,25). The Bertz CT molecular complexity index is 838. The number of rotatable bonds is 5. The van der Waals surface area contributed by atoms with E-state index in [0.29, 0.717) is 6.07 Å². The van der Waals surface area contributed by atoms with Crippen LogP contribution in [0.1, 0.15) is 23.7 Å². The minimum Gasteiger partial charge on any atom is -0.507 e. The minimum atomic E-state index is -0.893. The Kier molecular flexibility index (Phi) is 5.78. The fourth-order valence-electron chi connectivity index (χ4n) is 1.93. The zero-order valence-corrected chi connectivity index (χ0v) is 13.2. The lowest BCUT2D eigenvalue weighted by Crippen LogP contribution is -2.21. The molecule has 2 rings (SSSR count). The van der Waals surface area contributed by atoms with Crippen LogP contribution in [0, 0.1) is 11.6 Å². The molecule has 0 aromatic heterocycles. The third-order valence-corrected chi connectivity index (χ3v) is 3.12. The molecule has 0 aliphatic carbocycles. The van der Waals surface area contributed by atoms with Gasteiger partial charge < -0.3 is 10.4 Å². The second kappa shape index (κ2) is 8.00. The molecule has 2 aromatic rings. The molecule has 3 N–H and O–H groups in total. The fraction of sp³-hybridized carbons (Fsp3) is 0.118. The topological polar surface area (TPSA) is 90.8 Å². The maximum absolute atomic E-state index is 13.5. The van der Waals surface area contributed by atoms with Crippen LogP contribution in [0.4, 0.5) is 14.5 Å². The van der Waals surface area contributed by atoms with E-state index in [2.05, 4.69) is 15.8 Å². The van der Waals surface area contributed by atoms with Crippen LogP contribution in [-0.4, -0.2) is 22.6 Å². The van der Waals surface area contributed by atoms with E-state index in [-0.39, 0.29) is 29.1 Å². The molecular weight excluding hydrogens is 332 g/mol. The summed E-state index contributed by atoms with van der Waals surface area (Å²) in [6, 6.07) is 8.70. The molecule has 0 bridgehead atoms. The molecule has 8 heteroatoms. The highest BCUT2D eigenvalue weighted by Gasteiger charge is 2.11. The van der Waals surface area contributed by atoms with E-state index in [1.54, 1.807) is 12.1 Å². The van der Waals surface area contributed by atoms with Crippen LogP contribution in [0.2, 0.25) is 0 Å². The predicted octanol–water partition coefficient (Wildman–Crippen LogP) is 2.80. The molecule has 0 radical (unpaired) electrons. The number of hydrazone groups is 1. The van der Waals surface area contributed by atoms with E-state index >= 15 is 0 Å². The Morgan fingerprint density at radius 2 is 1.88 bits per heavy atom. The van der Waals surface area contributed by atoms with Gasteiger partial charge in [0, 0.05) is 11.8 Å². The van der Waals surface area contributed by atoms with E-state index in [9.17, 15) is 23.5 Å². The maximum Gasteiger partial charge on any atom is 0.275 e. The van der Waals surface area contributed by atoms with E-state index < -0.39 is 23.4 Å². The Morgan fingerprint density at radius 1 is 1.16 bits per heavy atom. The lowest BCUT2D eigenvalue weighted by molar-refractivity contribution is -0.115. The van der Waals surface area contributed by atoms with E-state index in [1.807, 2.05) is 0 Å². The van der Waals surface area contributed by atoms with Gasteiger partial charge in [0.1, 0.15) is 17.4 Å². The number of anilines is 1. The lowest BCUT2D eigenvalue weighted by Gasteiger charge is -2.07. The maximum atomic E-state index is 13.5. The number of phenolic OH excluding ortho intramolecular Hbond substituents is 1. The third-order valence-electron chi connectivity index (χ3n) is 3.12. The van der Waals surface area contributed by atoms with Crippen molar-refractivity contribution in [3.05, 3.63) is 59.7 Å². The lowest BCUT2D eigenvalue weighted by atomic mass is 10.2. The molecule has 0 unspecified atom stereocenters. The van der Waals surface area contributed by atoms with Crippen LogP contribution in [0.15, 0.2) is 47.6 Å². The first-order valence-electron chi connectivity index (χ1n) is 7.23. The Balaban J connectivity index is 1.93. The van der Waals surface area contributed by atoms with Gasteiger partial charge in [-0.05, 0) is 31.2 Å². The van der Waals surface area contributed by atoms with E-state index in [0.717, 1.165) is 12.1 Å². The third kappa shape index (κ3) is 5.10. The van der Waals surface area contributed by atoms with Gasteiger partial charge >= 0.3 is 0 Å². The summed E-state index contributed by atoms with van der Waals surface area (Å²) in [6.07, 6.45) is -0.210. The molecule has 0 atom stereocenters. The molecular formula is C17H15F2N3O3. The number of hydrogen-bond donors (Lipinski definition) is 3. The largest absolute Gasteiger partial charge is 0.507 e. The van der Waals surface area contributed by atoms with Crippen molar-refractivity contribution in [1.82, 2.24) is 5.43 Å². The molecule has 0 spiro atoms. The number of carbonyl (C=O) groups excluding carboxylic acids is 2. The van der Waals surface area contributed by atoms with Gasteiger partial charge in [0.05, 0.1) is 17.7 Å². The summed E-state index contributed by atoms with van der Waals surface area (Å²) < 4.78 is 26.3. The van der Waals surface area contributed by atoms with Gasteiger partial charge in [-0.15, -0.1) is 0 Å². The first kappa shape index (κ1) is 18.1. The SMILES string of the molecule is CC(CC(=O)Nc1ccc(F)cc1F)=NNC(=O)c1ccccc1O. The molecule has 0 saturated carbocycles. The number of halogens is 2. The molecule has 0 fully saturated rings. The van der Waals surface area contributed by atoms with Crippen molar-refractivity contribution < 1.29 is 23.5 Å². The highest BCUT2D eigenvalue weighted by molar-refractivity contribution is 6.06. The first-order chi connectivity index (χ1) is 11.9. The summed E-state index contributed by atoms with van der Waals surface area (Å²) in [5.74, 6) is -3.06. The summed E-state index contributed by atoms with van der Waals surface area (Å²) in [5, 5.41) is 15.6.